The molecular weight excluding hydrogens is 326 g/mol. The van der Waals surface area contributed by atoms with Crippen LogP contribution in [0.15, 0.2) is 53.7 Å². The Hall–Kier alpha value is -2.33. The van der Waals surface area contributed by atoms with Gasteiger partial charge in [0.1, 0.15) is 12.4 Å². The van der Waals surface area contributed by atoms with Crippen LogP contribution in [0.2, 0.25) is 0 Å². The van der Waals surface area contributed by atoms with Gasteiger partial charge >= 0.3 is 0 Å². The van der Waals surface area contributed by atoms with E-state index in [1.54, 1.807) is 7.11 Å². The summed E-state index contributed by atoms with van der Waals surface area (Å²) in [6, 6.07) is 16.3. The van der Waals surface area contributed by atoms with E-state index in [4.69, 9.17) is 9.57 Å². The minimum Gasteiger partial charge on any atom is -0.496 e. The highest BCUT2D eigenvalue weighted by atomic mass is 16.6. The molecule has 0 aromatic heterocycles. The summed E-state index contributed by atoms with van der Waals surface area (Å²) >= 11 is 0. The van der Waals surface area contributed by atoms with E-state index >= 15 is 0 Å². The van der Waals surface area contributed by atoms with Crippen molar-refractivity contribution in [1.82, 2.24) is 0 Å². The first-order valence-corrected chi connectivity index (χ1v) is 9.21. The second-order valence-corrected chi connectivity index (χ2v) is 6.94. The zero-order chi connectivity index (χ0) is 18.4. The molecule has 1 aliphatic carbocycles. The minimum absolute atomic E-state index is 0.309. The van der Waals surface area contributed by atoms with Gasteiger partial charge in [-0.15, -0.1) is 0 Å². The van der Waals surface area contributed by atoms with Crippen LogP contribution in [0.25, 0.3) is 0 Å². The van der Waals surface area contributed by atoms with Crippen molar-refractivity contribution in [3.63, 3.8) is 0 Å². The molecule has 0 saturated heterocycles. The maximum atomic E-state index is 9.31. The number of rotatable bonds is 7. The highest BCUT2D eigenvalue weighted by molar-refractivity contribution is 5.98. The number of nitrogens with zero attached hydrogens (tertiary/aromatic N) is 1. The van der Waals surface area contributed by atoms with Gasteiger partial charge in [0.15, 0.2) is 0 Å². The maximum absolute atomic E-state index is 9.31. The zero-order valence-electron chi connectivity index (χ0n) is 15.5. The zero-order valence-corrected chi connectivity index (χ0v) is 15.5. The van der Waals surface area contributed by atoms with Crippen LogP contribution in [0.4, 0.5) is 0 Å². The molecule has 0 radical (unpaired) electrons. The van der Waals surface area contributed by atoms with Gasteiger partial charge in [-0.3, -0.25) is 0 Å². The number of ether oxygens (including phenoxy) is 1. The Labute approximate surface area is 155 Å². The lowest BCUT2D eigenvalue weighted by Gasteiger charge is -2.11. The van der Waals surface area contributed by atoms with Crippen molar-refractivity contribution in [3.05, 3.63) is 65.2 Å². The van der Waals surface area contributed by atoms with E-state index in [9.17, 15) is 5.11 Å². The van der Waals surface area contributed by atoms with Crippen LogP contribution < -0.4 is 4.74 Å². The van der Waals surface area contributed by atoms with E-state index in [0.29, 0.717) is 25.0 Å². The first kappa shape index (κ1) is 18.5. The minimum atomic E-state index is 0.309. The molecule has 1 aliphatic rings. The summed E-state index contributed by atoms with van der Waals surface area (Å²) in [5.74, 6) is 1.84. The molecule has 2 atom stereocenters. The summed E-state index contributed by atoms with van der Waals surface area (Å²) in [6.45, 7) is 2.64. The third-order valence-electron chi connectivity index (χ3n) is 5.21. The smallest absolute Gasteiger partial charge is 0.145 e. The van der Waals surface area contributed by atoms with E-state index in [0.717, 1.165) is 35.4 Å². The van der Waals surface area contributed by atoms with Crippen LogP contribution >= 0.6 is 0 Å². The van der Waals surface area contributed by atoms with Gasteiger partial charge in [0.05, 0.1) is 12.8 Å². The number of oxime groups is 1. The fraction of sp³-hybridized carbons (Fsp3) is 0.409. The molecule has 2 aromatic carbocycles. The summed E-state index contributed by atoms with van der Waals surface area (Å²) < 4.78 is 5.32. The van der Waals surface area contributed by atoms with Gasteiger partial charge in [0.25, 0.3) is 0 Å². The second-order valence-electron chi connectivity index (χ2n) is 6.94. The van der Waals surface area contributed by atoms with Crippen molar-refractivity contribution in [3.8, 4) is 5.75 Å². The van der Waals surface area contributed by atoms with Gasteiger partial charge in [0, 0.05) is 12.2 Å². The fourth-order valence-electron chi connectivity index (χ4n) is 3.61. The van der Waals surface area contributed by atoms with E-state index in [1.807, 2.05) is 31.2 Å². The third-order valence-corrected chi connectivity index (χ3v) is 5.21. The van der Waals surface area contributed by atoms with Crippen LogP contribution in [0, 0.1) is 5.92 Å². The average Bonchev–Trinajstić information content (AvgIpc) is 3.17. The van der Waals surface area contributed by atoms with E-state index in [2.05, 4.69) is 29.4 Å². The van der Waals surface area contributed by atoms with Gasteiger partial charge in [-0.1, -0.05) is 47.6 Å². The number of para-hydroxylation sites is 1. The second kappa shape index (κ2) is 8.86. The summed E-state index contributed by atoms with van der Waals surface area (Å²) in [5, 5.41) is 13.6. The van der Waals surface area contributed by atoms with Crippen LogP contribution in [0.1, 0.15) is 48.8 Å². The van der Waals surface area contributed by atoms with Crippen LogP contribution in [0.5, 0.6) is 5.75 Å². The molecule has 138 valence electrons. The molecule has 0 unspecified atom stereocenters. The Bertz CT molecular complexity index is 739. The fourth-order valence-corrected chi connectivity index (χ4v) is 3.61. The lowest BCUT2D eigenvalue weighted by molar-refractivity contribution is 0.128. The highest BCUT2D eigenvalue weighted by Crippen LogP contribution is 2.37. The third kappa shape index (κ3) is 4.44. The number of hydrogen-bond acceptors (Lipinski definition) is 4. The Morgan fingerprint density at radius 2 is 1.88 bits per heavy atom. The Morgan fingerprint density at radius 1 is 1.12 bits per heavy atom. The summed E-state index contributed by atoms with van der Waals surface area (Å²) in [5.41, 5.74) is 4.24. The molecule has 0 spiro atoms. The molecule has 1 fully saturated rings. The van der Waals surface area contributed by atoms with Gasteiger partial charge in [-0.2, -0.15) is 0 Å². The molecule has 0 heterocycles. The van der Waals surface area contributed by atoms with E-state index < -0.39 is 0 Å². The maximum Gasteiger partial charge on any atom is 0.145 e. The normalized spacial score (nSPS) is 20.2. The Morgan fingerprint density at radius 3 is 2.58 bits per heavy atom. The number of aliphatic hydroxyl groups excluding tert-OH is 1. The topological polar surface area (TPSA) is 51.0 Å². The van der Waals surface area contributed by atoms with E-state index in [1.165, 1.54) is 12.0 Å². The highest BCUT2D eigenvalue weighted by Gasteiger charge is 2.25. The number of aliphatic hydroxyl groups is 1. The summed E-state index contributed by atoms with van der Waals surface area (Å²) in [4.78, 5) is 5.52. The first-order chi connectivity index (χ1) is 12.7. The van der Waals surface area contributed by atoms with Crippen molar-refractivity contribution in [2.45, 2.75) is 38.7 Å². The number of hydrogen-bond donors (Lipinski definition) is 1. The van der Waals surface area contributed by atoms with Gasteiger partial charge < -0.3 is 14.7 Å². The SMILES string of the molecule is COc1ccccc1CO/N=C(\C)c1ccc([C@@H]2CC[C@H](CO)C2)cc1. The monoisotopic (exact) mass is 353 g/mol. The Balaban J connectivity index is 1.59. The van der Waals surface area contributed by atoms with Crippen molar-refractivity contribution in [2.75, 3.05) is 13.7 Å². The molecule has 1 saturated carbocycles. The molecule has 26 heavy (non-hydrogen) atoms. The molecule has 0 bridgehead atoms. The molecule has 4 nitrogen and oxygen atoms in total. The molecule has 2 aromatic rings. The van der Waals surface area contributed by atoms with Crippen LogP contribution in [-0.2, 0) is 11.4 Å². The van der Waals surface area contributed by atoms with E-state index in [-0.39, 0.29) is 0 Å². The van der Waals surface area contributed by atoms with Crippen molar-refractivity contribution in [1.29, 1.82) is 0 Å². The van der Waals surface area contributed by atoms with Crippen molar-refractivity contribution < 1.29 is 14.7 Å². The summed E-state index contributed by atoms with van der Waals surface area (Å²) in [6.07, 6.45) is 3.38. The number of benzene rings is 2. The molecule has 0 aliphatic heterocycles. The molecular formula is C22H27NO3. The van der Waals surface area contributed by atoms with Gasteiger partial charge in [0.2, 0.25) is 0 Å². The molecule has 1 N–H and O–H groups in total. The largest absolute Gasteiger partial charge is 0.496 e. The quantitative estimate of drug-likeness (QED) is 0.588. The van der Waals surface area contributed by atoms with Crippen LogP contribution in [-0.4, -0.2) is 24.5 Å². The summed E-state index contributed by atoms with van der Waals surface area (Å²) in [7, 11) is 1.65. The predicted molar refractivity (Wildman–Crippen MR) is 104 cm³/mol. The predicted octanol–water partition coefficient (Wildman–Crippen LogP) is 4.51. The first-order valence-electron chi connectivity index (χ1n) is 9.21. The lowest BCUT2D eigenvalue weighted by atomic mass is 9.95. The standard InChI is InChI=1S/C22H27NO3/c1-16(23-26-15-21-5-3-4-6-22(21)25-2)18-9-11-19(12-10-18)20-8-7-17(13-20)14-24/h3-6,9-12,17,20,24H,7-8,13-15H2,1-2H3/b23-16+/t17-,20+/m0/s1. The molecule has 0 amide bonds. The number of methoxy groups -OCH3 is 1. The Kier molecular flexibility index (Phi) is 6.29. The lowest BCUT2D eigenvalue weighted by Crippen LogP contribution is -2.01. The average molecular weight is 353 g/mol. The van der Waals surface area contributed by atoms with Crippen molar-refractivity contribution in [2.24, 2.45) is 11.1 Å². The van der Waals surface area contributed by atoms with Gasteiger partial charge in [-0.05, 0) is 55.2 Å². The molecule has 3 rings (SSSR count). The molecule has 4 heteroatoms. The van der Waals surface area contributed by atoms with Crippen LogP contribution in [0.3, 0.4) is 0 Å². The van der Waals surface area contributed by atoms with Crippen molar-refractivity contribution >= 4 is 5.71 Å². The van der Waals surface area contributed by atoms with Gasteiger partial charge in [-0.25, -0.2) is 0 Å².